The molecule has 1 amide bonds. The van der Waals surface area contributed by atoms with Crippen LogP contribution in [0.25, 0.3) is 0 Å². The summed E-state index contributed by atoms with van der Waals surface area (Å²) in [5.41, 5.74) is 0.312. The number of benzene rings is 1. The first kappa shape index (κ1) is 12.8. The molecule has 0 aliphatic carbocycles. The molecule has 1 heterocycles. The molecule has 0 saturated heterocycles. The predicted octanol–water partition coefficient (Wildman–Crippen LogP) is 1.55. The van der Waals surface area contributed by atoms with Crippen LogP contribution in [0.3, 0.4) is 0 Å². The van der Waals surface area contributed by atoms with Crippen LogP contribution < -0.4 is 10.9 Å². The number of hydrogen-bond acceptors (Lipinski definition) is 4. The molecule has 0 bridgehead atoms. The van der Waals surface area contributed by atoms with Gasteiger partial charge in [0.05, 0.1) is 22.3 Å². The molecule has 2 aromatic rings. The van der Waals surface area contributed by atoms with E-state index in [1.165, 1.54) is 30.3 Å². The summed E-state index contributed by atoms with van der Waals surface area (Å²) >= 11 is 5.91. The van der Waals surface area contributed by atoms with Crippen molar-refractivity contribution in [3.8, 4) is 6.07 Å². The summed E-state index contributed by atoms with van der Waals surface area (Å²) in [6, 6.07) is 8.92. The number of hydrogen-bond donors (Lipinski definition) is 2. The van der Waals surface area contributed by atoms with Crippen LogP contribution in [0.1, 0.15) is 16.1 Å². The molecule has 0 unspecified atom stereocenters. The molecule has 0 fully saturated rings. The summed E-state index contributed by atoms with van der Waals surface area (Å²) in [7, 11) is 0. The molecule has 0 saturated carbocycles. The van der Waals surface area contributed by atoms with Gasteiger partial charge in [-0.2, -0.15) is 10.4 Å². The second-order valence-corrected chi connectivity index (χ2v) is 3.97. The summed E-state index contributed by atoms with van der Waals surface area (Å²) in [6.07, 6.45) is 0. The Labute approximate surface area is 112 Å². The lowest BCUT2D eigenvalue weighted by atomic mass is 10.2. The zero-order valence-corrected chi connectivity index (χ0v) is 10.2. The summed E-state index contributed by atoms with van der Waals surface area (Å²) < 4.78 is 0. The van der Waals surface area contributed by atoms with Crippen molar-refractivity contribution in [3.05, 3.63) is 57.0 Å². The topological polar surface area (TPSA) is 98.6 Å². The van der Waals surface area contributed by atoms with Gasteiger partial charge in [0.15, 0.2) is 0 Å². The molecule has 7 heteroatoms. The minimum absolute atomic E-state index is 0.0398. The average molecular weight is 275 g/mol. The maximum absolute atomic E-state index is 11.8. The number of nitriles is 1. The molecule has 6 nitrogen and oxygen atoms in total. The third-order valence-electron chi connectivity index (χ3n) is 2.26. The van der Waals surface area contributed by atoms with E-state index in [9.17, 15) is 9.59 Å². The molecule has 2 N–H and O–H groups in total. The molecule has 2 rings (SSSR count). The van der Waals surface area contributed by atoms with Crippen molar-refractivity contribution in [2.45, 2.75) is 0 Å². The van der Waals surface area contributed by atoms with Crippen LogP contribution in [0.5, 0.6) is 0 Å². The minimum atomic E-state index is -0.534. The van der Waals surface area contributed by atoms with E-state index in [0.29, 0.717) is 16.3 Å². The lowest BCUT2D eigenvalue weighted by Crippen LogP contribution is -2.17. The van der Waals surface area contributed by atoms with Gasteiger partial charge in [-0.05, 0) is 24.3 Å². The van der Waals surface area contributed by atoms with Crippen LogP contribution in [0.4, 0.5) is 5.69 Å². The molecular formula is C12H7ClN4O2. The van der Waals surface area contributed by atoms with Gasteiger partial charge in [0.2, 0.25) is 0 Å². The SMILES string of the molecule is N#Cc1ccc(Cl)c(NC(=O)c2ccc(=O)[nH]n2)c1. The molecule has 0 atom stereocenters. The van der Waals surface area contributed by atoms with Crippen LogP contribution in [0.15, 0.2) is 35.1 Å². The van der Waals surface area contributed by atoms with E-state index in [1.54, 1.807) is 0 Å². The normalized spacial score (nSPS) is 9.68. The number of carbonyl (C=O) groups is 1. The maximum atomic E-state index is 11.8. The second kappa shape index (κ2) is 5.33. The number of halogens is 1. The van der Waals surface area contributed by atoms with Gasteiger partial charge < -0.3 is 5.32 Å². The highest BCUT2D eigenvalue weighted by Gasteiger charge is 2.10. The van der Waals surface area contributed by atoms with Gasteiger partial charge in [0, 0.05) is 6.07 Å². The number of rotatable bonds is 2. The van der Waals surface area contributed by atoms with Crippen molar-refractivity contribution in [2.75, 3.05) is 5.32 Å². The third kappa shape index (κ3) is 2.97. The quantitative estimate of drug-likeness (QED) is 0.868. The molecule has 0 spiro atoms. The number of H-pyrrole nitrogens is 1. The molecule has 0 aliphatic rings. The fourth-order valence-corrected chi connectivity index (χ4v) is 1.51. The minimum Gasteiger partial charge on any atom is -0.319 e. The molecular weight excluding hydrogens is 268 g/mol. The number of carbonyl (C=O) groups excluding carboxylic acids is 1. The first-order chi connectivity index (χ1) is 9.10. The second-order valence-electron chi connectivity index (χ2n) is 3.57. The van der Waals surface area contributed by atoms with Crippen molar-refractivity contribution in [2.24, 2.45) is 0 Å². The molecule has 19 heavy (non-hydrogen) atoms. The van der Waals surface area contributed by atoms with E-state index < -0.39 is 11.5 Å². The molecule has 1 aromatic heterocycles. The van der Waals surface area contributed by atoms with Crippen LogP contribution in [0.2, 0.25) is 5.02 Å². The maximum Gasteiger partial charge on any atom is 0.276 e. The van der Waals surface area contributed by atoms with E-state index in [1.807, 2.05) is 6.07 Å². The van der Waals surface area contributed by atoms with Gasteiger partial charge in [-0.3, -0.25) is 9.59 Å². The Hall–Kier alpha value is -2.65. The lowest BCUT2D eigenvalue weighted by Gasteiger charge is -2.06. The summed E-state index contributed by atoms with van der Waals surface area (Å²) in [4.78, 5) is 22.7. The number of aromatic amines is 1. The molecule has 0 radical (unpaired) electrons. The van der Waals surface area contributed by atoms with E-state index in [-0.39, 0.29) is 5.69 Å². The summed E-state index contributed by atoms with van der Waals surface area (Å²) in [6.45, 7) is 0. The van der Waals surface area contributed by atoms with Crippen molar-refractivity contribution in [1.82, 2.24) is 10.2 Å². The fourth-order valence-electron chi connectivity index (χ4n) is 1.35. The highest BCUT2D eigenvalue weighted by Crippen LogP contribution is 2.23. The number of aromatic nitrogens is 2. The van der Waals surface area contributed by atoms with Crippen molar-refractivity contribution in [3.63, 3.8) is 0 Å². The first-order valence-corrected chi connectivity index (χ1v) is 5.54. The van der Waals surface area contributed by atoms with E-state index >= 15 is 0 Å². The third-order valence-corrected chi connectivity index (χ3v) is 2.59. The van der Waals surface area contributed by atoms with Gasteiger partial charge in [-0.15, -0.1) is 0 Å². The van der Waals surface area contributed by atoms with Gasteiger partial charge in [0.25, 0.3) is 11.5 Å². The van der Waals surface area contributed by atoms with Gasteiger partial charge in [0.1, 0.15) is 5.69 Å². The Morgan fingerprint density at radius 3 is 2.79 bits per heavy atom. The van der Waals surface area contributed by atoms with Crippen molar-refractivity contribution in [1.29, 1.82) is 5.26 Å². The average Bonchev–Trinajstić information content (AvgIpc) is 2.42. The Bertz CT molecular complexity index is 713. The smallest absolute Gasteiger partial charge is 0.276 e. The standard InChI is InChI=1S/C12H7ClN4O2/c13-8-2-1-7(6-14)5-10(8)15-12(19)9-3-4-11(18)17-16-9/h1-5H,(H,15,19)(H,17,18). The summed E-state index contributed by atoms with van der Waals surface area (Å²) in [5.74, 6) is -0.534. The largest absolute Gasteiger partial charge is 0.319 e. The highest BCUT2D eigenvalue weighted by atomic mass is 35.5. The number of amides is 1. The van der Waals surface area contributed by atoms with E-state index in [0.717, 1.165) is 0 Å². The molecule has 1 aromatic carbocycles. The zero-order chi connectivity index (χ0) is 13.8. The number of nitrogens with one attached hydrogen (secondary N) is 2. The first-order valence-electron chi connectivity index (χ1n) is 5.17. The Morgan fingerprint density at radius 2 is 2.16 bits per heavy atom. The molecule has 0 aliphatic heterocycles. The number of nitrogens with zero attached hydrogens (tertiary/aromatic N) is 2. The van der Waals surface area contributed by atoms with E-state index in [2.05, 4.69) is 15.5 Å². The predicted molar refractivity (Wildman–Crippen MR) is 69.0 cm³/mol. The van der Waals surface area contributed by atoms with Gasteiger partial charge >= 0.3 is 0 Å². The van der Waals surface area contributed by atoms with Gasteiger partial charge in [-0.25, -0.2) is 5.10 Å². The fraction of sp³-hybridized carbons (Fsp3) is 0. The van der Waals surface area contributed by atoms with Crippen molar-refractivity contribution >= 4 is 23.2 Å². The van der Waals surface area contributed by atoms with Crippen molar-refractivity contribution < 1.29 is 4.79 Å². The van der Waals surface area contributed by atoms with Crippen LogP contribution in [-0.2, 0) is 0 Å². The Kier molecular flexibility index (Phi) is 3.59. The zero-order valence-electron chi connectivity index (χ0n) is 9.48. The van der Waals surface area contributed by atoms with Crippen LogP contribution in [-0.4, -0.2) is 16.1 Å². The monoisotopic (exact) mass is 274 g/mol. The molecule has 94 valence electrons. The lowest BCUT2D eigenvalue weighted by molar-refractivity contribution is 0.102. The number of anilines is 1. The highest BCUT2D eigenvalue weighted by molar-refractivity contribution is 6.33. The Balaban J connectivity index is 2.26. The van der Waals surface area contributed by atoms with E-state index in [4.69, 9.17) is 16.9 Å². The van der Waals surface area contributed by atoms with Crippen LogP contribution >= 0.6 is 11.6 Å². The van der Waals surface area contributed by atoms with Gasteiger partial charge in [-0.1, -0.05) is 11.6 Å². The summed E-state index contributed by atoms with van der Waals surface area (Å²) in [5, 5.41) is 17.3. The van der Waals surface area contributed by atoms with Crippen LogP contribution in [0, 0.1) is 11.3 Å². The Morgan fingerprint density at radius 1 is 1.37 bits per heavy atom.